The lowest BCUT2D eigenvalue weighted by molar-refractivity contribution is -0.115. The van der Waals surface area contributed by atoms with E-state index in [1.165, 1.54) is 0 Å². The number of nitrogens with one attached hydrogen (secondary N) is 2. The fraction of sp³-hybridized carbons (Fsp3) is 0.200. The zero-order valence-electron chi connectivity index (χ0n) is 17.1. The van der Waals surface area contributed by atoms with Crippen LogP contribution in [0.2, 0.25) is 0 Å². The highest BCUT2D eigenvalue weighted by Gasteiger charge is 2.08. The van der Waals surface area contributed by atoms with E-state index in [0.717, 1.165) is 24.2 Å². The van der Waals surface area contributed by atoms with E-state index in [1.807, 2.05) is 30.3 Å². The Bertz CT molecular complexity index is 952. The molecule has 0 heterocycles. The van der Waals surface area contributed by atoms with Gasteiger partial charge in [0.1, 0.15) is 5.75 Å². The molecule has 0 aromatic heterocycles. The molecule has 0 spiro atoms. The van der Waals surface area contributed by atoms with E-state index in [-0.39, 0.29) is 11.8 Å². The second-order valence-corrected chi connectivity index (χ2v) is 6.97. The second-order valence-electron chi connectivity index (χ2n) is 6.97. The van der Waals surface area contributed by atoms with Crippen LogP contribution in [0.5, 0.6) is 5.75 Å². The van der Waals surface area contributed by atoms with E-state index in [4.69, 9.17) is 4.74 Å². The zero-order valence-corrected chi connectivity index (χ0v) is 17.1. The van der Waals surface area contributed by atoms with E-state index < -0.39 is 0 Å². The number of ether oxygens (including phenoxy) is 1. The van der Waals surface area contributed by atoms with Gasteiger partial charge in [-0.25, -0.2) is 0 Å². The van der Waals surface area contributed by atoms with Gasteiger partial charge in [0.15, 0.2) is 0 Å². The van der Waals surface area contributed by atoms with Crippen LogP contribution in [0.25, 0.3) is 0 Å². The van der Waals surface area contributed by atoms with E-state index in [9.17, 15) is 9.59 Å². The fourth-order valence-corrected chi connectivity index (χ4v) is 2.86. The number of benzene rings is 3. The van der Waals surface area contributed by atoms with Gasteiger partial charge in [-0.3, -0.25) is 9.59 Å². The standard InChI is InChI=1S/C25H26N2O3/c1-2-3-17-30-23-15-9-20(10-16-23)25(29)27-22-13-11-21(12-14-22)26-24(28)18-19-7-5-4-6-8-19/h4-16H,2-3,17-18H2,1H3,(H,26,28)(H,27,29). The van der Waals surface area contributed by atoms with Crippen molar-refractivity contribution in [2.75, 3.05) is 17.2 Å². The Hall–Kier alpha value is -3.60. The molecule has 3 rings (SSSR count). The summed E-state index contributed by atoms with van der Waals surface area (Å²) >= 11 is 0. The third-order valence-corrected chi connectivity index (χ3v) is 4.52. The summed E-state index contributed by atoms with van der Waals surface area (Å²) in [5, 5.41) is 5.72. The Morgan fingerprint density at radius 1 is 0.800 bits per heavy atom. The number of rotatable bonds is 9. The molecular formula is C25H26N2O3. The first-order chi connectivity index (χ1) is 14.6. The van der Waals surface area contributed by atoms with Crippen molar-refractivity contribution in [2.45, 2.75) is 26.2 Å². The van der Waals surface area contributed by atoms with Crippen LogP contribution < -0.4 is 15.4 Å². The number of hydrogen-bond donors (Lipinski definition) is 2. The van der Waals surface area contributed by atoms with Crippen LogP contribution in [0.15, 0.2) is 78.9 Å². The molecule has 0 aliphatic carbocycles. The molecule has 2 amide bonds. The quantitative estimate of drug-likeness (QED) is 0.477. The summed E-state index contributed by atoms with van der Waals surface area (Å²) in [7, 11) is 0. The van der Waals surface area contributed by atoms with E-state index in [0.29, 0.717) is 30.0 Å². The number of carbonyl (C=O) groups excluding carboxylic acids is 2. The molecule has 0 aliphatic rings. The predicted octanol–water partition coefficient (Wildman–Crippen LogP) is 5.30. The fourth-order valence-electron chi connectivity index (χ4n) is 2.86. The highest BCUT2D eigenvalue weighted by Crippen LogP contribution is 2.17. The smallest absolute Gasteiger partial charge is 0.255 e. The molecule has 0 bridgehead atoms. The average Bonchev–Trinajstić information content (AvgIpc) is 2.76. The first kappa shape index (κ1) is 21.1. The van der Waals surface area contributed by atoms with Crippen LogP contribution in [0.3, 0.4) is 0 Å². The number of carbonyl (C=O) groups is 2. The molecule has 0 atom stereocenters. The van der Waals surface area contributed by atoms with E-state index >= 15 is 0 Å². The van der Waals surface area contributed by atoms with Gasteiger partial charge in [0.2, 0.25) is 5.91 Å². The topological polar surface area (TPSA) is 67.4 Å². The summed E-state index contributed by atoms with van der Waals surface area (Å²) in [6.45, 7) is 2.79. The second kappa shape index (κ2) is 10.8. The van der Waals surface area contributed by atoms with Crippen LogP contribution in [0.4, 0.5) is 11.4 Å². The number of amides is 2. The molecule has 0 radical (unpaired) electrons. The van der Waals surface area contributed by atoms with Gasteiger partial charge in [0, 0.05) is 16.9 Å². The molecule has 154 valence electrons. The van der Waals surface area contributed by atoms with Gasteiger partial charge < -0.3 is 15.4 Å². The maximum absolute atomic E-state index is 12.4. The van der Waals surface area contributed by atoms with Crippen LogP contribution in [0.1, 0.15) is 35.7 Å². The van der Waals surface area contributed by atoms with Crippen LogP contribution in [-0.2, 0) is 11.2 Å². The van der Waals surface area contributed by atoms with Gasteiger partial charge in [-0.05, 0) is 60.5 Å². The number of unbranched alkanes of at least 4 members (excludes halogenated alkanes) is 1. The van der Waals surface area contributed by atoms with Crippen molar-refractivity contribution in [3.05, 3.63) is 90.0 Å². The summed E-state index contributed by atoms with van der Waals surface area (Å²) < 4.78 is 5.62. The molecule has 3 aromatic rings. The Kier molecular flexibility index (Phi) is 7.61. The first-order valence-corrected chi connectivity index (χ1v) is 10.1. The van der Waals surface area contributed by atoms with Gasteiger partial charge >= 0.3 is 0 Å². The molecule has 0 unspecified atom stereocenters. The average molecular weight is 402 g/mol. The Balaban J connectivity index is 1.51. The number of hydrogen-bond acceptors (Lipinski definition) is 3. The van der Waals surface area contributed by atoms with Gasteiger partial charge in [-0.15, -0.1) is 0 Å². The minimum absolute atomic E-state index is 0.0840. The normalized spacial score (nSPS) is 10.3. The maximum Gasteiger partial charge on any atom is 0.255 e. The highest BCUT2D eigenvalue weighted by atomic mass is 16.5. The van der Waals surface area contributed by atoms with Gasteiger partial charge in [-0.1, -0.05) is 43.7 Å². The number of anilines is 2. The summed E-state index contributed by atoms with van der Waals surface area (Å²) in [5.41, 5.74) is 2.85. The van der Waals surface area contributed by atoms with E-state index in [1.54, 1.807) is 48.5 Å². The minimum Gasteiger partial charge on any atom is -0.494 e. The molecular weight excluding hydrogens is 376 g/mol. The van der Waals surface area contributed by atoms with Crippen molar-refractivity contribution in [1.82, 2.24) is 0 Å². The molecule has 2 N–H and O–H groups in total. The molecule has 0 fully saturated rings. The summed E-state index contributed by atoms with van der Waals surface area (Å²) in [6, 6.07) is 23.7. The molecule has 0 aliphatic heterocycles. The molecule has 0 saturated carbocycles. The lowest BCUT2D eigenvalue weighted by atomic mass is 10.1. The third kappa shape index (κ3) is 6.48. The molecule has 5 heteroatoms. The highest BCUT2D eigenvalue weighted by molar-refractivity contribution is 6.04. The lowest BCUT2D eigenvalue weighted by Crippen LogP contribution is -2.14. The first-order valence-electron chi connectivity index (χ1n) is 10.1. The largest absolute Gasteiger partial charge is 0.494 e. The lowest BCUT2D eigenvalue weighted by Gasteiger charge is -2.09. The van der Waals surface area contributed by atoms with Crippen LogP contribution in [0, 0.1) is 0 Å². The SMILES string of the molecule is CCCCOc1ccc(C(=O)Nc2ccc(NC(=O)Cc3ccccc3)cc2)cc1. The molecule has 5 nitrogen and oxygen atoms in total. The Labute approximate surface area is 177 Å². The molecule has 3 aromatic carbocycles. The minimum atomic E-state index is -0.198. The van der Waals surface area contributed by atoms with Crippen molar-refractivity contribution in [3.63, 3.8) is 0 Å². The maximum atomic E-state index is 12.4. The summed E-state index contributed by atoms with van der Waals surface area (Å²) in [4.78, 5) is 24.6. The van der Waals surface area contributed by atoms with Crippen molar-refractivity contribution in [3.8, 4) is 5.75 Å². The summed E-state index contributed by atoms with van der Waals surface area (Å²) in [5.74, 6) is 0.478. The van der Waals surface area contributed by atoms with Crippen LogP contribution in [-0.4, -0.2) is 18.4 Å². The predicted molar refractivity (Wildman–Crippen MR) is 120 cm³/mol. The summed E-state index contributed by atoms with van der Waals surface area (Å²) in [6.07, 6.45) is 2.40. The van der Waals surface area contributed by atoms with Crippen molar-refractivity contribution in [1.29, 1.82) is 0 Å². The molecule has 30 heavy (non-hydrogen) atoms. The van der Waals surface area contributed by atoms with Gasteiger partial charge in [0.25, 0.3) is 5.91 Å². The zero-order chi connectivity index (χ0) is 21.2. The Morgan fingerprint density at radius 3 is 2.07 bits per heavy atom. The van der Waals surface area contributed by atoms with Crippen molar-refractivity contribution >= 4 is 23.2 Å². The Morgan fingerprint density at radius 2 is 1.43 bits per heavy atom. The van der Waals surface area contributed by atoms with Gasteiger partial charge in [0.05, 0.1) is 13.0 Å². The third-order valence-electron chi connectivity index (χ3n) is 4.52. The monoisotopic (exact) mass is 402 g/mol. The molecule has 0 saturated heterocycles. The van der Waals surface area contributed by atoms with Crippen molar-refractivity contribution in [2.24, 2.45) is 0 Å². The van der Waals surface area contributed by atoms with Crippen molar-refractivity contribution < 1.29 is 14.3 Å². The van der Waals surface area contributed by atoms with Gasteiger partial charge in [-0.2, -0.15) is 0 Å². The van der Waals surface area contributed by atoms with Crippen LogP contribution >= 0.6 is 0 Å². The van der Waals surface area contributed by atoms with E-state index in [2.05, 4.69) is 17.6 Å².